The second-order valence-electron chi connectivity index (χ2n) is 6.86. The Hall–Kier alpha value is -0.850. The summed E-state index contributed by atoms with van der Waals surface area (Å²) in [5.74, 6) is 0.830. The van der Waals surface area contributed by atoms with Crippen molar-refractivity contribution in [3.63, 3.8) is 0 Å². The normalized spacial score (nSPS) is 23.4. The Labute approximate surface area is 105 Å². The Morgan fingerprint density at radius 3 is 2.59 bits per heavy atom. The molecule has 1 aromatic heterocycles. The van der Waals surface area contributed by atoms with E-state index in [0.717, 1.165) is 5.92 Å². The van der Waals surface area contributed by atoms with Crippen molar-refractivity contribution in [2.75, 3.05) is 0 Å². The zero-order valence-electron chi connectivity index (χ0n) is 11.3. The van der Waals surface area contributed by atoms with Crippen molar-refractivity contribution in [3.05, 3.63) is 28.6 Å². The first-order valence-electron chi connectivity index (χ1n) is 7.04. The maximum atomic E-state index is 4.91. The number of nitrogens with zero attached hydrogens (tertiary/aromatic N) is 1. The van der Waals surface area contributed by atoms with Crippen LogP contribution in [-0.4, -0.2) is 4.98 Å². The first-order chi connectivity index (χ1) is 8.04. The average Bonchev–Trinajstić information content (AvgIpc) is 2.70. The highest BCUT2D eigenvalue weighted by Crippen LogP contribution is 2.37. The van der Waals surface area contributed by atoms with E-state index in [2.05, 4.69) is 26.8 Å². The second-order valence-corrected chi connectivity index (χ2v) is 6.86. The van der Waals surface area contributed by atoms with Crippen molar-refractivity contribution in [1.29, 1.82) is 0 Å². The highest BCUT2D eigenvalue weighted by Gasteiger charge is 2.30. The molecule has 0 bridgehead atoms. The molecule has 3 rings (SSSR count). The van der Waals surface area contributed by atoms with Crippen LogP contribution in [0.15, 0.2) is 6.07 Å². The minimum Gasteiger partial charge on any atom is -0.257 e. The van der Waals surface area contributed by atoms with Crippen LogP contribution in [0.25, 0.3) is 0 Å². The van der Waals surface area contributed by atoms with Gasteiger partial charge in [-0.1, -0.05) is 26.8 Å². The highest BCUT2D eigenvalue weighted by atomic mass is 14.7. The molecule has 1 unspecified atom stereocenters. The number of hydrogen-bond acceptors (Lipinski definition) is 1. The quantitative estimate of drug-likeness (QED) is 0.660. The number of aryl methyl sites for hydroxylation is 3. The molecule has 17 heavy (non-hydrogen) atoms. The van der Waals surface area contributed by atoms with Gasteiger partial charge >= 0.3 is 0 Å². The third kappa shape index (κ3) is 2.00. The van der Waals surface area contributed by atoms with Gasteiger partial charge in [-0.15, -0.1) is 0 Å². The molecule has 0 saturated carbocycles. The van der Waals surface area contributed by atoms with Crippen molar-refractivity contribution < 1.29 is 0 Å². The van der Waals surface area contributed by atoms with Crippen molar-refractivity contribution in [3.8, 4) is 0 Å². The van der Waals surface area contributed by atoms with Crippen molar-refractivity contribution >= 4 is 0 Å². The Morgan fingerprint density at radius 2 is 1.82 bits per heavy atom. The smallest absolute Gasteiger partial charge is 0.0439 e. The molecule has 2 aliphatic rings. The Kier molecular flexibility index (Phi) is 2.53. The van der Waals surface area contributed by atoms with E-state index in [9.17, 15) is 0 Å². The second kappa shape index (κ2) is 3.83. The van der Waals surface area contributed by atoms with E-state index in [4.69, 9.17) is 4.98 Å². The summed E-state index contributed by atoms with van der Waals surface area (Å²) in [6.45, 7) is 7.14. The largest absolute Gasteiger partial charge is 0.257 e. The van der Waals surface area contributed by atoms with E-state index in [0.29, 0.717) is 5.41 Å². The third-order valence-electron chi connectivity index (χ3n) is 4.64. The number of fused-ring (bicyclic) bond motifs is 2. The summed E-state index contributed by atoms with van der Waals surface area (Å²) in [6, 6.07) is 2.47. The predicted octanol–water partition coefficient (Wildman–Crippen LogP) is 3.72. The van der Waals surface area contributed by atoms with Crippen molar-refractivity contribution in [2.45, 2.75) is 59.3 Å². The summed E-state index contributed by atoms with van der Waals surface area (Å²) in [6.07, 6.45) is 7.56. The van der Waals surface area contributed by atoms with E-state index in [-0.39, 0.29) is 0 Å². The number of rotatable bonds is 0. The summed E-state index contributed by atoms with van der Waals surface area (Å²) in [7, 11) is 0. The van der Waals surface area contributed by atoms with Gasteiger partial charge in [-0.25, -0.2) is 0 Å². The molecule has 92 valence electrons. The van der Waals surface area contributed by atoms with E-state index in [1.54, 1.807) is 11.1 Å². The van der Waals surface area contributed by atoms with E-state index in [1.807, 2.05) is 0 Å². The summed E-state index contributed by atoms with van der Waals surface area (Å²) >= 11 is 0. The summed E-state index contributed by atoms with van der Waals surface area (Å²) in [5, 5.41) is 0. The van der Waals surface area contributed by atoms with Gasteiger partial charge in [0.25, 0.3) is 0 Å². The van der Waals surface area contributed by atoms with Gasteiger partial charge in [0.2, 0.25) is 0 Å². The van der Waals surface area contributed by atoms with Crippen LogP contribution in [0.4, 0.5) is 0 Å². The number of hydrogen-bond donors (Lipinski definition) is 0. The maximum absolute atomic E-state index is 4.91. The van der Waals surface area contributed by atoms with Crippen LogP contribution in [0, 0.1) is 11.3 Å². The SMILES string of the molecule is CC(C)(C)C1CCc2nc3c(cc2C1)CCC3. The van der Waals surface area contributed by atoms with Crippen molar-refractivity contribution in [2.24, 2.45) is 11.3 Å². The van der Waals surface area contributed by atoms with E-state index >= 15 is 0 Å². The zero-order valence-corrected chi connectivity index (χ0v) is 11.3. The zero-order chi connectivity index (χ0) is 12.0. The average molecular weight is 229 g/mol. The first-order valence-corrected chi connectivity index (χ1v) is 7.04. The Bertz CT molecular complexity index is 440. The van der Waals surface area contributed by atoms with Crippen LogP contribution in [0.3, 0.4) is 0 Å². The van der Waals surface area contributed by atoms with Crippen LogP contribution < -0.4 is 0 Å². The molecule has 1 heterocycles. The summed E-state index contributed by atoms with van der Waals surface area (Å²) in [5.41, 5.74) is 6.34. The molecular weight excluding hydrogens is 206 g/mol. The Morgan fingerprint density at radius 1 is 1.06 bits per heavy atom. The van der Waals surface area contributed by atoms with Crippen LogP contribution in [0.5, 0.6) is 0 Å². The molecule has 0 spiro atoms. The van der Waals surface area contributed by atoms with Gasteiger partial charge < -0.3 is 0 Å². The van der Waals surface area contributed by atoms with Gasteiger partial charge in [0.05, 0.1) is 0 Å². The predicted molar refractivity (Wildman–Crippen MR) is 71.2 cm³/mol. The molecule has 0 aliphatic heterocycles. The van der Waals surface area contributed by atoms with Crippen LogP contribution >= 0.6 is 0 Å². The molecule has 0 N–H and O–H groups in total. The maximum Gasteiger partial charge on any atom is 0.0439 e. The molecule has 1 atom stereocenters. The van der Waals surface area contributed by atoms with Gasteiger partial charge in [0.15, 0.2) is 0 Å². The van der Waals surface area contributed by atoms with Gasteiger partial charge in [-0.3, -0.25) is 4.98 Å². The summed E-state index contributed by atoms with van der Waals surface area (Å²) < 4.78 is 0. The third-order valence-corrected chi connectivity index (χ3v) is 4.64. The fraction of sp³-hybridized carbons (Fsp3) is 0.688. The molecular formula is C16H23N. The van der Waals surface area contributed by atoms with Crippen molar-refractivity contribution in [1.82, 2.24) is 4.98 Å². The van der Waals surface area contributed by atoms with E-state index in [1.165, 1.54) is 49.9 Å². The minimum absolute atomic E-state index is 0.441. The molecule has 0 aromatic carbocycles. The van der Waals surface area contributed by atoms with Crippen LogP contribution in [0.1, 0.15) is 56.1 Å². The molecule has 0 saturated heterocycles. The van der Waals surface area contributed by atoms with Gasteiger partial charge in [-0.05, 0) is 61.0 Å². The molecule has 1 nitrogen and oxygen atoms in total. The Balaban J connectivity index is 1.92. The van der Waals surface area contributed by atoms with E-state index < -0.39 is 0 Å². The monoisotopic (exact) mass is 229 g/mol. The molecule has 1 heteroatoms. The minimum atomic E-state index is 0.441. The van der Waals surface area contributed by atoms with Crippen LogP contribution in [0.2, 0.25) is 0 Å². The topological polar surface area (TPSA) is 12.9 Å². The lowest BCUT2D eigenvalue weighted by atomic mass is 9.71. The number of pyridine rings is 1. The molecule has 0 radical (unpaired) electrons. The standard InChI is InChI=1S/C16H23N/c1-16(2,3)13-7-8-15-12(10-13)9-11-5-4-6-14(11)17-15/h9,13H,4-8,10H2,1-3H3. The van der Waals surface area contributed by atoms with Gasteiger partial charge in [0, 0.05) is 11.4 Å². The highest BCUT2D eigenvalue weighted by molar-refractivity contribution is 5.35. The number of aromatic nitrogens is 1. The lowest BCUT2D eigenvalue weighted by Crippen LogP contribution is -2.27. The molecule has 0 fully saturated rings. The lowest BCUT2D eigenvalue weighted by molar-refractivity contribution is 0.214. The lowest BCUT2D eigenvalue weighted by Gasteiger charge is -2.34. The fourth-order valence-electron chi connectivity index (χ4n) is 3.37. The molecule has 0 amide bonds. The molecule has 2 aliphatic carbocycles. The first kappa shape index (κ1) is 11.3. The van der Waals surface area contributed by atoms with Gasteiger partial charge in [-0.2, -0.15) is 0 Å². The van der Waals surface area contributed by atoms with Crippen LogP contribution in [-0.2, 0) is 25.7 Å². The fourth-order valence-corrected chi connectivity index (χ4v) is 3.37. The summed E-state index contributed by atoms with van der Waals surface area (Å²) in [4.78, 5) is 4.91. The molecule has 1 aromatic rings. The van der Waals surface area contributed by atoms with Gasteiger partial charge in [0.1, 0.15) is 0 Å².